The van der Waals surface area contributed by atoms with E-state index in [4.69, 9.17) is 0 Å². The largest absolute Gasteiger partial charge is 0.289 e. The van der Waals surface area contributed by atoms with Gasteiger partial charge in [-0.15, -0.1) is 0 Å². The molecule has 0 aromatic heterocycles. The topological polar surface area (TPSA) is 17.1 Å². The molecule has 0 spiro atoms. The molecule has 0 fully saturated rings. The molecule has 105 valence electrons. The normalized spacial score (nSPS) is 10.7. The number of carbonyl (C=O) groups is 1. The second-order valence-corrected chi connectivity index (χ2v) is 6.60. The molecular formula is C18H21LiOP. The Morgan fingerprint density at radius 2 is 1.19 bits per heavy atom. The zero-order valence-corrected chi connectivity index (χ0v) is 14.8. The van der Waals surface area contributed by atoms with Crippen molar-refractivity contribution in [3.8, 4) is 0 Å². The summed E-state index contributed by atoms with van der Waals surface area (Å²) in [5.74, 6) is 0. The summed E-state index contributed by atoms with van der Waals surface area (Å²) in [6, 6.07) is 10.0. The molecule has 0 heterocycles. The summed E-state index contributed by atoms with van der Waals surface area (Å²) in [5.41, 5.74) is 7.24. The van der Waals surface area contributed by atoms with Gasteiger partial charge in [-0.2, -0.15) is 0 Å². The molecule has 2 aromatic rings. The van der Waals surface area contributed by atoms with Crippen LogP contribution in [0.3, 0.4) is 0 Å². The monoisotopic (exact) mass is 291 g/mol. The molecule has 0 aliphatic carbocycles. The van der Waals surface area contributed by atoms with Crippen LogP contribution in [-0.2, 0) is 0 Å². The number of benzene rings is 2. The van der Waals surface area contributed by atoms with E-state index >= 15 is 0 Å². The Balaban J connectivity index is 0.00000220. The van der Waals surface area contributed by atoms with Crippen LogP contribution in [0.5, 0.6) is 0 Å². The van der Waals surface area contributed by atoms with E-state index in [0.29, 0.717) is 0 Å². The van der Waals surface area contributed by atoms with Crippen LogP contribution in [-0.4, -0.2) is 24.4 Å². The molecule has 0 saturated heterocycles. The molecule has 1 radical (unpaired) electrons. The van der Waals surface area contributed by atoms with Crippen molar-refractivity contribution >= 4 is 38.3 Å². The molecule has 0 aliphatic heterocycles. The summed E-state index contributed by atoms with van der Waals surface area (Å²) >= 11 is 0. The van der Waals surface area contributed by atoms with Crippen LogP contribution >= 0.6 is 8.58 Å². The van der Waals surface area contributed by atoms with E-state index in [1.807, 2.05) is 30.3 Å². The zero-order chi connectivity index (χ0) is 14.9. The third kappa shape index (κ3) is 3.67. The smallest absolute Gasteiger partial charge is 0.186 e. The van der Waals surface area contributed by atoms with Gasteiger partial charge in [-0.25, -0.2) is 0 Å². The molecule has 0 bridgehead atoms. The number of hydrogen-bond donors (Lipinski definition) is 0. The summed E-state index contributed by atoms with van der Waals surface area (Å²) < 4.78 is 0. The van der Waals surface area contributed by atoms with Gasteiger partial charge in [0.05, 0.1) is 0 Å². The van der Waals surface area contributed by atoms with Gasteiger partial charge in [-0.05, 0) is 76.3 Å². The van der Waals surface area contributed by atoms with Crippen molar-refractivity contribution in [2.24, 2.45) is 0 Å². The second-order valence-electron chi connectivity index (χ2n) is 5.32. The van der Waals surface area contributed by atoms with Gasteiger partial charge in [0.15, 0.2) is 5.52 Å². The van der Waals surface area contributed by atoms with Crippen LogP contribution in [0, 0.1) is 34.6 Å². The molecule has 1 nitrogen and oxygen atoms in total. The predicted molar refractivity (Wildman–Crippen MR) is 94.6 cm³/mol. The van der Waals surface area contributed by atoms with Crippen molar-refractivity contribution in [3.63, 3.8) is 0 Å². The third-order valence-corrected chi connectivity index (χ3v) is 5.36. The van der Waals surface area contributed by atoms with E-state index < -0.39 is 0 Å². The SMILES string of the molecule is Cc1c(C)c(C)c(C(=O)Pc2ccccc2)c(C)c1C.[Li]. The van der Waals surface area contributed by atoms with Crippen molar-refractivity contribution in [2.45, 2.75) is 34.6 Å². The van der Waals surface area contributed by atoms with Gasteiger partial charge in [0.25, 0.3) is 0 Å². The maximum atomic E-state index is 12.7. The Labute approximate surface area is 141 Å². The molecule has 0 amide bonds. The van der Waals surface area contributed by atoms with Crippen LogP contribution in [0.15, 0.2) is 30.3 Å². The first-order valence-corrected chi connectivity index (χ1v) is 7.86. The Bertz CT molecular complexity index is 634. The maximum Gasteiger partial charge on any atom is 0.186 e. The molecular weight excluding hydrogens is 270 g/mol. The van der Waals surface area contributed by atoms with Crippen LogP contribution in [0.25, 0.3) is 0 Å². The first-order valence-electron chi connectivity index (χ1n) is 6.86. The maximum absolute atomic E-state index is 12.7. The van der Waals surface area contributed by atoms with Gasteiger partial charge >= 0.3 is 0 Å². The Morgan fingerprint density at radius 3 is 1.67 bits per heavy atom. The van der Waals surface area contributed by atoms with Crippen molar-refractivity contribution in [1.82, 2.24) is 0 Å². The molecule has 21 heavy (non-hydrogen) atoms. The van der Waals surface area contributed by atoms with Crippen molar-refractivity contribution < 1.29 is 4.79 Å². The van der Waals surface area contributed by atoms with E-state index in [9.17, 15) is 4.79 Å². The zero-order valence-electron chi connectivity index (χ0n) is 13.8. The van der Waals surface area contributed by atoms with Crippen LogP contribution in [0.4, 0.5) is 0 Å². The summed E-state index contributed by atoms with van der Waals surface area (Å²) in [5, 5.41) is 1.10. The molecule has 0 N–H and O–H groups in total. The van der Waals surface area contributed by atoms with Crippen LogP contribution < -0.4 is 5.30 Å². The average Bonchev–Trinajstić information content (AvgIpc) is 2.44. The third-order valence-electron chi connectivity index (χ3n) is 4.26. The van der Waals surface area contributed by atoms with Gasteiger partial charge in [0, 0.05) is 24.4 Å². The van der Waals surface area contributed by atoms with Crippen LogP contribution in [0.1, 0.15) is 38.2 Å². The molecule has 1 atom stereocenters. The molecule has 2 aromatic carbocycles. The van der Waals surface area contributed by atoms with Crippen molar-refractivity contribution in [1.29, 1.82) is 0 Å². The fourth-order valence-corrected chi connectivity index (χ4v) is 3.68. The standard InChI is InChI=1S/C18H21OP.Li/c1-11-12(2)14(4)17(15(5)13(11)3)18(19)20-16-9-7-6-8-10-16;/h6-10,20H,1-5H3;. The second kappa shape index (κ2) is 7.42. The summed E-state index contributed by atoms with van der Waals surface area (Å²) in [7, 11) is 0.199. The van der Waals surface area contributed by atoms with Gasteiger partial charge < -0.3 is 0 Å². The molecule has 3 heteroatoms. The van der Waals surface area contributed by atoms with Gasteiger partial charge in [-0.1, -0.05) is 30.3 Å². The van der Waals surface area contributed by atoms with E-state index in [2.05, 4.69) is 34.6 Å². The molecule has 2 rings (SSSR count). The summed E-state index contributed by atoms with van der Waals surface area (Å²) in [4.78, 5) is 12.7. The Kier molecular flexibility index (Phi) is 6.42. The first kappa shape index (κ1) is 18.2. The van der Waals surface area contributed by atoms with Gasteiger partial charge in [0.1, 0.15) is 0 Å². The van der Waals surface area contributed by atoms with E-state index in [0.717, 1.165) is 22.0 Å². The van der Waals surface area contributed by atoms with Gasteiger partial charge in [-0.3, -0.25) is 4.79 Å². The fourth-order valence-electron chi connectivity index (χ4n) is 2.56. The van der Waals surface area contributed by atoms with Crippen molar-refractivity contribution in [3.05, 3.63) is 63.7 Å². The molecule has 0 saturated carbocycles. The van der Waals surface area contributed by atoms with Gasteiger partial charge in [0.2, 0.25) is 0 Å². The molecule has 1 unspecified atom stereocenters. The van der Waals surface area contributed by atoms with E-state index in [-0.39, 0.29) is 33.0 Å². The summed E-state index contributed by atoms with van der Waals surface area (Å²) in [6.07, 6.45) is 0. The predicted octanol–water partition coefficient (Wildman–Crippen LogP) is 3.99. The Morgan fingerprint density at radius 1 is 0.762 bits per heavy atom. The first-order chi connectivity index (χ1) is 9.43. The minimum Gasteiger partial charge on any atom is -0.289 e. The van der Waals surface area contributed by atoms with E-state index in [1.165, 1.54) is 16.7 Å². The molecule has 0 aliphatic rings. The van der Waals surface area contributed by atoms with E-state index in [1.54, 1.807) is 0 Å². The van der Waals surface area contributed by atoms with Crippen molar-refractivity contribution in [2.75, 3.05) is 0 Å². The average molecular weight is 291 g/mol. The summed E-state index contributed by atoms with van der Waals surface area (Å²) in [6.45, 7) is 10.5. The number of carbonyl (C=O) groups excluding carboxylic acids is 1. The number of rotatable bonds is 3. The quantitative estimate of drug-likeness (QED) is 0.617. The minimum absolute atomic E-state index is 0. The fraction of sp³-hybridized carbons (Fsp3) is 0.278. The number of hydrogen-bond acceptors (Lipinski definition) is 1. The Hall–Kier alpha value is -0.863. The minimum atomic E-state index is 0. The van der Waals surface area contributed by atoms with Crippen LogP contribution in [0.2, 0.25) is 0 Å².